The molecule has 2 atom stereocenters. The molecule has 0 aromatic heterocycles. The van der Waals surface area contributed by atoms with Crippen LogP contribution in [0.4, 0.5) is 11.4 Å². The van der Waals surface area contributed by atoms with E-state index in [9.17, 15) is 15.0 Å². The normalized spacial score (nSPS) is 24.5. The molecule has 104 valence electrons. The summed E-state index contributed by atoms with van der Waals surface area (Å²) in [6.07, 6.45) is -1.48. The Balaban J connectivity index is 2.21. The van der Waals surface area contributed by atoms with Gasteiger partial charge in [0.1, 0.15) is 12.0 Å². The van der Waals surface area contributed by atoms with Gasteiger partial charge in [0.05, 0.1) is 11.4 Å². The van der Waals surface area contributed by atoms with Crippen LogP contribution in [0, 0.1) is 6.92 Å². The number of hydrogen-bond acceptors (Lipinski definition) is 7. The number of aliphatic imine (C=N–C) groups is 2. The lowest BCUT2D eigenvalue weighted by atomic mass is 10.0. The first-order chi connectivity index (χ1) is 9.51. The molecule has 3 rings (SSSR count). The van der Waals surface area contributed by atoms with Gasteiger partial charge >= 0.3 is 0 Å². The fourth-order valence-corrected chi connectivity index (χ4v) is 2.36. The minimum absolute atomic E-state index is 0.351. The number of nitrogens with one attached hydrogen (secondary N) is 1. The van der Waals surface area contributed by atoms with Crippen molar-refractivity contribution in [1.82, 2.24) is 5.32 Å². The van der Waals surface area contributed by atoms with Gasteiger partial charge in [-0.1, -0.05) is 0 Å². The summed E-state index contributed by atoms with van der Waals surface area (Å²) >= 11 is 0. The molecule has 20 heavy (non-hydrogen) atoms. The molecule has 0 amide bonds. The molecule has 2 unspecified atom stereocenters. The predicted molar refractivity (Wildman–Crippen MR) is 74.6 cm³/mol. The van der Waals surface area contributed by atoms with Gasteiger partial charge in [-0.15, -0.1) is 0 Å². The minimum Gasteiger partial charge on any atom is -0.372 e. The lowest BCUT2D eigenvalue weighted by Gasteiger charge is -2.34. The number of carbonyl (C=O) groups excluding carboxylic acids is 1. The third kappa shape index (κ3) is 1.83. The molecular weight excluding hydrogens is 260 g/mol. The number of carbonyl (C=O) groups is 1. The van der Waals surface area contributed by atoms with Crippen LogP contribution in [-0.4, -0.2) is 47.7 Å². The molecule has 1 aromatic rings. The number of rotatable bonds is 1. The van der Waals surface area contributed by atoms with Gasteiger partial charge in [0.25, 0.3) is 0 Å². The highest BCUT2D eigenvalue weighted by molar-refractivity contribution is 6.49. The lowest BCUT2D eigenvalue weighted by molar-refractivity contribution is 0.0771. The first-order valence-corrected chi connectivity index (χ1v) is 6.13. The standard InChI is InChI=1S/C13H14N4O3/c1-6-3-8-9(4-7(6)5-18)17(2)11-10(14-8)12(19)16-13(20)15-11/h3-5,12-13,16,19-20H,1-2H3. The summed E-state index contributed by atoms with van der Waals surface area (Å²) in [7, 11) is 1.75. The monoisotopic (exact) mass is 274 g/mol. The topological polar surface area (TPSA) is 97.5 Å². The second-order valence-corrected chi connectivity index (χ2v) is 4.77. The quantitative estimate of drug-likeness (QED) is 0.623. The van der Waals surface area contributed by atoms with Crippen molar-refractivity contribution < 1.29 is 15.0 Å². The van der Waals surface area contributed by atoms with Crippen molar-refractivity contribution in [3.63, 3.8) is 0 Å². The minimum atomic E-state index is -1.18. The van der Waals surface area contributed by atoms with Crippen molar-refractivity contribution in [2.24, 2.45) is 9.98 Å². The van der Waals surface area contributed by atoms with Crippen LogP contribution in [0.25, 0.3) is 0 Å². The van der Waals surface area contributed by atoms with Crippen molar-refractivity contribution in [1.29, 1.82) is 0 Å². The SMILES string of the molecule is Cc1cc2c(cc1C=O)N(C)C1=NC(O)NC(O)C1=N2. The number of benzene rings is 1. The zero-order valence-corrected chi connectivity index (χ0v) is 11.0. The molecule has 0 saturated carbocycles. The van der Waals surface area contributed by atoms with Gasteiger partial charge < -0.3 is 15.1 Å². The number of aldehydes is 1. The highest BCUT2D eigenvalue weighted by atomic mass is 16.3. The third-order valence-electron chi connectivity index (χ3n) is 3.45. The van der Waals surface area contributed by atoms with Gasteiger partial charge in [-0.3, -0.25) is 4.79 Å². The van der Waals surface area contributed by atoms with Crippen LogP contribution < -0.4 is 10.2 Å². The number of aryl methyl sites for hydroxylation is 1. The van der Waals surface area contributed by atoms with Crippen LogP contribution in [0.3, 0.4) is 0 Å². The van der Waals surface area contributed by atoms with E-state index in [4.69, 9.17) is 0 Å². The van der Waals surface area contributed by atoms with E-state index in [1.807, 2.05) is 6.92 Å². The second-order valence-electron chi connectivity index (χ2n) is 4.77. The summed E-state index contributed by atoms with van der Waals surface area (Å²) in [5.74, 6) is 0.386. The molecule has 0 bridgehead atoms. The van der Waals surface area contributed by atoms with E-state index in [-0.39, 0.29) is 0 Å². The van der Waals surface area contributed by atoms with E-state index < -0.39 is 12.6 Å². The number of aliphatic hydroxyl groups excluding tert-OH is 2. The molecular formula is C13H14N4O3. The number of hydrogen-bond donors (Lipinski definition) is 3. The highest BCUT2D eigenvalue weighted by Crippen LogP contribution is 2.35. The Labute approximate surface area is 115 Å². The molecule has 2 heterocycles. The van der Waals surface area contributed by atoms with E-state index in [0.29, 0.717) is 28.5 Å². The van der Waals surface area contributed by atoms with E-state index in [2.05, 4.69) is 15.3 Å². The van der Waals surface area contributed by atoms with Crippen LogP contribution in [0.15, 0.2) is 22.1 Å². The Morgan fingerprint density at radius 3 is 2.85 bits per heavy atom. The lowest BCUT2D eigenvalue weighted by Crippen LogP contribution is -2.55. The molecule has 2 aliphatic rings. The van der Waals surface area contributed by atoms with E-state index in [1.165, 1.54) is 0 Å². The summed E-state index contributed by atoms with van der Waals surface area (Å²) in [6.45, 7) is 1.83. The molecule has 3 N–H and O–H groups in total. The number of aliphatic hydroxyl groups is 2. The van der Waals surface area contributed by atoms with Crippen molar-refractivity contribution >= 4 is 29.2 Å². The molecule has 2 aliphatic heterocycles. The Bertz CT molecular complexity index is 653. The van der Waals surface area contributed by atoms with Gasteiger partial charge in [0.15, 0.2) is 12.1 Å². The molecule has 0 saturated heterocycles. The molecule has 0 radical (unpaired) electrons. The van der Waals surface area contributed by atoms with Gasteiger partial charge in [-0.2, -0.15) is 0 Å². The van der Waals surface area contributed by atoms with Crippen molar-refractivity contribution in [2.45, 2.75) is 19.5 Å². The average Bonchev–Trinajstić information content (AvgIpc) is 2.40. The fraction of sp³-hybridized carbons (Fsp3) is 0.308. The van der Waals surface area contributed by atoms with Crippen LogP contribution in [0.5, 0.6) is 0 Å². The summed E-state index contributed by atoms with van der Waals surface area (Å²) in [6, 6.07) is 3.51. The van der Waals surface area contributed by atoms with Crippen molar-refractivity contribution in [3.05, 3.63) is 23.3 Å². The first-order valence-electron chi connectivity index (χ1n) is 6.13. The summed E-state index contributed by atoms with van der Waals surface area (Å²) < 4.78 is 0. The zero-order valence-electron chi connectivity index (χ0n) is 11.0. The molecule has 0 spiro atoms. The van der Waals surface area contributed by atoms with Gasteiger partial charge in [0.2, 0.25) is 6.35 Å². The Morgan fingerprint density at radius 1 is 1.40 bits per heavy atom. The molecule has 1 aromatic carbocycles. The highest BCUT2D eigenvalue weighted by Gasteiger charge is 2.33. The summed E-state index contributed by atoms with van der Waals surface area (Å²) in [5, 5.41) is 21.9. The molecule has 7 heteroatoms. The smallest absolute Gasteiger partial charge is 0.206 e. The molecule has 0 aliphatic carbocycles. The molecule has 0 fully saturated rings. The number of nitrogens with zero attached hydrogens (tertiary/aromatic N) is 3. The van der Waals surface area contributed by atoms with Crippen LogP contribution in [0.2, 0.25) is 0 Å². The maximum Gasteiger partial charge on any atom is 0.206 e. The zero-order chi connectivity index (χ0) is 14.4. The van der Waals surface area contributed by atoms with Crippen molar-refractivity contribution in [3.8, 4) is 0 Å². The van der Waals surface area contributed by atoms with E-state index in [0.717, 1.165) is 11.8 Å². The van der Waals surface area contributed by atoms with Crippen LogP contribution in [0.1, 0.15) is 15.9 Å². The number of fused-ring (bicyclic) bond motifs is 2. The Hall–Kier alpha value is -2.09. The Kier molecular flexibility index (Phi) is 2.89. The number of anilines is 1. The maximum absolute atomic E-state index is 11.0. The maximum atomic E-state index is 11.0. The Morgan fingerprint density at radius 2 is 2.15 bits per heavy atom. The fourth-order valence-electron chi connectivity index (χ4n) is 2.36. The average molecular weight is 274 g/mol. The second kappa shape index (κ2) is 4.48. The van der Waals surface area contributed by atoms with Gasteiger partial charge in [-0.05, 0) is 24.6 Å². The largest absolute Gasteiger partial charge is 0.372 e. The first kappa shape index (κ1) is 12.9. The summed E-state index contributed by atoms with van der Waals surface area (Å²) in [5.41, 5.74) is 3.10. The van der Waals surface area contributed by atoms with E-state index in [1.54, 1.807) is 24.1 Å². The molecule has 7 nitrogen and oxygen atoms in total. The van der Waals surface area contributed by atoms with E-state index >= 15 is 0 Å². The predicted octanol–water partition coefficient (Wildman–Crippen LogP) is -0.0742. The number of amidine groups is 1. The van der Waals surface area contributed by atoms with Crippen LogP contribution in [-0.2, 0) is 0 Å². The van der Waals surface area contributed by atoms with Crippen LogP contribution >= 0.6 is 0 Å². The van der Waals surface area contributed by atoms with Gasteiger partial charge in [-0.25, -0.2) is 15.3 Å². The third-order valence-corrected chi connectivity index (χ3v) is 3.45. The van der Waals surface area contributed by atoms with Crippen molar-refractivity contribution in [2.75, 3.05) is 11.9 Å². The summed E-state index contributed by atoms with van der Waals surface area (Å²) in [4.78, 5) is 21.1. The van der Waals surface area contributed by atoms with Gasteiger partial charge in [0, 0.05) is 12.6 Å².